The first-order valence-electron chi connectivity index (χ1n) is 9.97. The van der Waals surface area contributed by atoms with Crippen LogP contribution in [0.2, 0.25) is 0 Å². The zero-order valence-corrected chi connectivity index (χ0v) is 16.8. The van der Waals surface area contributed by atoms with Crippen LogP contribution in [0.3, 0.4) is 0 Å². The maximum Gasteiger partial charge on any atom is 0.303 e. The molecule has 150 valence electrons. The first kappa shape index (κ1) is 23.5. The molecule has 0 aromatic heterocycles. The highest BCUT2D eigenvalue weighted by atomic mass is 16.4. The number of carbonyl (C=O) groups is 1. The van der Waals surface area contributed by atoms with Crippen LogP contribution in [0.15, 0.2) is 66.8 Å². The van der Waals surface area contributed by atoms with Crippen molar-refractivity contribution in [1.82, 2.24) is 0 Å². The lowest BCUT2D eigenvalue weighted by Gasteiger charge is -2.05. The molecule has 28 heavy (non-hydrogen) atoms. The Morgan fingerprint density at radius 3 is 2.61 bits per heavy atom. The minimum Gasteiger partial charge on any atom is -0.481 e. The molecule has 0 aliphatic heterocycles. The molecule has 1 aromatic rings. The minimum absolute atomic E-state index is 0.112. The summed E-state index contributed by atoms with van der Waals surface area (Å²) in [6, 6.07) is 10.4. The second-order valence-corrected chi connectivity index (χ2v) is 6.89. The molecule has 0 fully saturated rings. The number of carboxylic acids is 1. The van der Waals surface area contributed by atoms with Crippen molar-refractivity contribution in [3.05, 3.63) is 72.4 Å². The fourth-order valence-corrected chi connectivity index (χ4v) is 2.54. The minimum atomic E-state index is -0.815. The lowest BCUT2D eigenvalue weighted by atomic mass is 10.1. The van der Waals surface area contributed by atoms with Crippen LogP contribution < -0.4 is 0 Å². The first-order valence-corrected chi connectivity index (χ1v) is 9.97. The van der Waals surface area contributed by atoms with E-state index < -0.39 is 12.1 Å². The van der Waals surface area contributed by atoms with Gasteiger partial charge in [0.25, 0.3) is 0 Å². The van der Waals surface area contributed by atoms with E-state index in [1.54, 1.807) is 0 Å². The molecule has 0 amide bonds. The van der Waals surface area contributed by atoms with Crippen LogP contribution in [0.25, 0.3) is 0 Å². The summed E-state index contributed by atoms with van der Waals surface area (Å²) < 4.78 is 0. The summed E-state index contributed by atoms with van der Waals surface area (Å²) in [4.78, 5) is 10.4. The summed E-state index contributed by atoms with van der Waals surface area (Å²) >= 11 is 0. The number of aryl methyl sites for hydroxylation is 1. The molecular formula is C25H32O3. The molecule has 2 atom stereocenters. The topological polar surface area (TPSA) is 57.5 Å². The third kappa shape index (κ3) is 13.6. The number of carboxylic acid groups (broad SMARTS) is 1. The van der Waals surface area contributed by atoms with Crippen LogP contribution in [0.1, 0.15) is 51.0 Å². The van der Waals surface area contributed by atoms with E-state index in [0.29, 0.717) is 25.2 Å². The number of aliphatic hydroxyl groups is 1. The Morgan fingerprint density at radius 1 is 1.11 bits per heavy atom. The summed E-state index contributed by atoms with van der Waals surface area (Å²) in [7, 11) is 0. The number of benzene rings is 1. The molecule has 1 rings (SSSR count). The van der Waals surface area contributed by atoms with Crippen LogP contribution in [0.4, 0.5) is 0 Å². The second-order valence-electron chi connectivity index (χ2n) is 6.89. The van der Waals surface area contributed by atoms with Gasteiger partial charge in [-0.1, -0.05) is 73.7 Å². The van der Waals surface area contributed by atoms with Crippen molar-refractivity contribution in [3.8, 4) is 11.8 Å². The predicted molar refractivity (Wildman–Crippen MR) is 116 cm³/mol. The highest BCUT2D eigenvalue weighted by Crippen LogP contribution is 2.06. The van der Waals surface area contributed by atoms with E-state index in [1.165, 1.54) is 5.56 Å². The molecule has 0 heterocycles. The van der Waals surface area contributed by atoms with Gasteiger partial charge in [0, 0.05) is 19.3 Å². The highest BCUT2D eigenvalue weighted by Gasteiger charge is 2.03. The first-order chi connectivity index (χ1) is 13.6. The summed E-state index contributed by atoms with van der Waals surface area (Å²) in [5.41, 5.74) is 1.33. The van der Waals surface area contributed by atoms with Crippen molar-refractivity contribution in [2.45, 2.75) is 58.0 Å². The maximum atomic E-state index is 10.4. The number of hydrogen-bond donors (Lipinski definition) is 2. The van der Waals surface area contributed by atoms with Gasteiger partial charge in [-0.2, -0.15) is 0 Å². The molecular weight excluding hydrogens is 348 g/mol. The van der Waals surface area contributed by atoms with Crippen LogP contribution in [0, 0.1) is 17.8 Å². The van der Waals surface area contributed by atoms with Crippen molar-refractivity contribution in [2.24, 2.45) is 5.92 Å². The normalized spacial score (nSPS) is 13.6. The molecule has 3 nitrogen and oxygen atoms in total. The van der Waals surface area contributed by atoms with Gasteiger partial charge < -0.3 is 10.2 Å². The Bertz CT molecular complexity index is 689. The second kappa shape index (κ2) is 15.5. The van der Waals surface area contributed by atoms with Gasteiger partial charge in [0.15, 0.2) is 0 Å². The Labute approximate surface area is 169 Å². The van der Waals surface area contributed by atoms with E-state index in [2.05, 4.69) is 49.1 Å². The van der Waals surface area contributed by atoms with Gasteiger partial charge in [-0.05, 0) is 37.2 Å². The smallest absolute Gasteiger partial charge is 0.303 e. The average molecular weight is 381 g/mol. The van der Waals surface area contributed by atoms with Gasteiger partial charge in [-0.3, -0.25) is 4.79 Å². The van der Waals surface area contributed by atoms with E-state index in [1.807, 2.05) is 36.4 Å². The van der Waals surface area contributed by atoms with Gasteiger partial charge in [0.05, 0.1) is 6.10 Å². The predicted octanol–water partition coefficient (Wildman–Crippen LogP) is 5.32. The van der Waals surface area contributed by atoms with Gasteiger partial charge in [0.2, 0.25) is 0 Å². The van der Waals surface area contributed by atoms with Crippen LogP contribution in [0.5, 0.6) is 0 Å². The Balaban J connectivity index is 2.13. The number of allylic oxidation sites excluding steroid dienone is 5. The Hall–Kier alpha value is -2.57. The zero-order chi connectivity index (χ0) is 20.5. The van der Waals surface area contributed by atoms with Gasteiger partial charge in [-0.25, -0.2) is 0 Å². The lowest BCUT2D eigenvalue weighted by Crippen LogP contribution is -2.06. The molecule has 1 unspecified atom stereocenters. The Morgan fingerprint density at radius 2 is 1.86 bits per heavy atom. The van der Waals surface area contributed by atoms with Crippen molar-refractivity contribution in [2.75, 3.05) is 0 Å². The Kier molecular flexibility index (Phi) is 13.0. The van der Waals surface area contributed by atoms with Crippen molar-refractivity contribution in [3.63, 3.8) is 0 Å². The van der Waals surface area contributed by atoms with E-state index in [4.69, 9.17) is 5.11 Å². The quantitative estimate of drug-likeness (QED) is 0.381. The molecule has 0 saturated heterocycles. The van der Waals surface area contributed by atoms with Crippen molar-refractivity contribution >= 4 is 5.97 Å². The highest BCUT2D eigenvalue weighted by molar-refractivity contribution is 5.66. The monoisotopic (exact) mass is 380 g/mol. The lowest BCUT2D eigenvalue weighted by molar-refractivity contribution is -0.137. The zero-order valence-electron chi connectivity index (χ0n) is 16.8. The fraction of sp³-hybridized carbons (Fsp3) is 0.400. The molecule has 3 heteroatoms. The summed E-state index contributed by atoms with van der Waals surface area (Å²) in [6.45, 7) is 2.15. The third-order valence-electron chi connectivity index (χ3n) is 4.18. The molecule has 0 saturated carbocycles. The van der Waals surface area contributed by atoms with Gasteiger partial charge in [-0.15, -0.1) is 11.8 Å². The molecule has 2 N–H and O–H groups in total. The fourth-order valence-electron chi connectivity index (χ4n) is 2.54. The standard InChI is InChI=1S/C25H32O3/c1-22(15-8-5-9-16-23-17-10-6-11-18-23)14-7-3-2-4-12-19-24(26)20-13-21-25(27)28/h2-4,6-7,10-12,14,17-18,22,24,26H,9,13,15-16,19-21H2,1H3,(H,27,28)/b3-2+,12-4+,14-7-/t22-,24?/m1/s1. The number of rotatable bonds is 12. The number of hydrogen-bond acceptors (Lipinski definition) is 2. The average Bonchev–Trinajstić information content (AvgIpc) is 2.67. The third-order valence-corrected chi connectivity index (χ3v) is 4.18. The number of aliphatic carboxylic acids is 1. The molecule has 0 aliphatic rings. The molecule has 0 bridgehead atoms. The van der Waals surface area contributed by atoms with Crippen LogP contribution >= 0.6 is 0 Å². The summed E-state index contributed by atoms with van der Waals surface area (Å²) in [5.74, 6) is 6.09. The molecule has 1 aromatic carbocycles. The van der Waals surface area contributed by atoms with E-state index in [-0.39, 0.29) is 6.42 Å². The van der Waals surface area contributed by atoms with Gasteiger partial charge >= 0.3 is 5.97 Å². The van der Waals surface area contributed by atoms with Crippen LogP contribution in [-0.2, 0) is 11.2 Å². The summed E-state index contributed by atoms with van der Waals surface area (Å²) in [5, 5.41) is 18.3. The van der Waals surface area contributed by atoms with E-state index in [9.17, 15) is 9.90 Å². The molecule has 0 radical (unpaired) electrons. The van der Waals surface area contributed by atoms with Crippen LogP contribution in [-0.4, -0.2) is 22.3 Å². The molecule has 0 aliphatic carbocycles. The van der Waals surface area contributed by atoms with Crippen molar-refractivity contribution in [1.29, 1.82) is 0 Å². The molecule has 0 spiro atoms. The SMILES string of the molecule is C[C@H](\C=C/C=C/C=C/CC(O)CCCC(=O)O)CC#CCCc1ccccc1. The van der Waals surface area contributed by atoms with E-state index in [0.717, 1.165) is 19.3 Å². The van der Waals surface area contributed by atoms with Crippen molar-refractivity contribution < 1.29 is 15.0 Å². The van der Waals surface area contributed by atoms with Gasteiger partial charge in [0.1, 0.15) is 0 Å². The summed E-state index contributed by atoms with van der Waals surface area (Å²) in [6.07, 6.45) is 15.8. The maximum absolute atomic E-state index is 10.4. The largest absolute Gasteiger partial charge is 0.481 e. The van der Waals surface area contributed by atoms with E-state index >= 15 is 0 Å². The number of aliphatic hydroxyl groups excluding tert-OH is 1.